The highest BCUT2D eigenvalue weighted by molar-refractivity contribution is 7.10. The molecule has 1 heterocycles. The molecule has 1 N–H and O–H groups in total. The molecule has 2 nitrogen and oxygen atoms in total. The topological polar surface area (TPSA) is 29.5 Å². The fourth-order valence-corrected chi connectivity index (χ4v) is 2.40. The van der Waals surface area contributed by atoms with Gasteiger partial charge in [0.2, 0.25) is 0 Å². The van der Waals surface area contributed by atoms with Gasteiger partial charge in [-0.05, 0) is 29.6 Å². The number of benzene rings is 1. The first-order chi connectivity index (χ1) is 8.13. The van der Waals surface area contributed by atoms with Crippen LogP contribution >= 0.6 is 11.3 Å². The average Bonchev–Trinajstić information content (AvgIpc) is 2.79. The third-order valence-corrected chi connectivity index (χ3v) is 3.33. The van der Waals surface area contributed by atoms with Gasteiger partial charge in [-0.1, -0.05) is 0 Å². The Morgan fingerprint density at radius 2 is 2.06 bits per heavy atom. The molecule has 17 heavy (non-hydrogen) atoms. The molecule has 0 saturated carbocycles. The lowest BCUT2D eigenvalue weighted by Crippen LogP contribution is -2.02. The second-order valence-corrected chi connectivity index (χ2v) is 4.37. The van der Waals surface area contributed by atoms with Crippen LogP contribution in [0.3, 0.4) is 0 Å². The Kier molecular flexibility index (Phi) is 3.40. The van der Waals surface area contributed by atoms with E-state index in [0.29, 0.717) is 10.6 Å². The number of methoxy groups -OCH3 is 1. The zero-order valence-electron chi connectivity index (χ0n) is 8.98. The highest BCUT2D eigenvalue weighted by Gasteiger charge is 2.20. The van der Waals surface area contributed by atoms with Gasteiger partial charge in [0.25, 0.3) is 0 Å². The number of halogens is 2. The third-order valence-electron chi connectivity index (χ3n) is 2.38. The molecule has 0 aliphatic heterocycles. The van der Waals surface area contributed by atoms with Crippen LogP contribution in [-0.4, -0.2) is 12.2 Å². The van der Waals surface area contributed by atoms with Crippen molar-refractivity contribution in [2.45, 2.75) is 6.10 Å². The van der Waals surface area contributed by atoms with Crippen LogP contribution in [0.4, 0.5) is 8.78 Å². The molecule has 90 valence electrons. The van der Waals surface area contributed by atoms with Gasteiger partial charge < -0.3 is 9.84 Å². The van der Waals surface area contributed by atoms with Crippen molar-refractivity contribution in [2.24, 2.45) is 0 Å². The molecular formula is C12H10F2O2S. The Morgan fingerprint density at radius 3 is 2.76 bits per heavy atom. The summed E-state index contributed by atoms with van der Waals surface area (Å²) in [6, 6.07) is 4.66. The first kappa shape index (κ1) is 12.0. The summed E-state index contributed by atoms with van der Waals surface area (Å²) in [5.74, 6) is -0.767. The number of thiophene rings is 1. The largest absolute Gasteiger partial charge is 0.495 e. The van der Waals surface area contributed by atoms with Crippen molar-refractivity contribution >= 4 is 11.3 Å². The molecule has 0 bridgehead atoms. The van der Waals surface area contributed by atoms with E-state index in [4.69, 9.17) is 4.74 Å². The van der Waals surface area contributed by atoms with Crippen molar-refractivity contribution < 1.29 is 18.6 Å². The maximum atomic E-state index is 13.5. The third kappa shape index (κ3) is 2.30. The Labute approximate surface area is 101 Å². The first-order valence-corrected chi connectivity index (χ1v) is 5.76. The molecule has 0 aliphatic rings. The molecule has 1 aromatic heterocycles. The molecule has 1 atom stereocenters. The van der Waals surface area contributed by atoms with Gasteiger partial charge in [-0.2, -0.15) is 0 Å². The quantitative estimate of drug-likeness (QED) is 0.914. The van der Waals surface area contributed by atoms with Gasteiger partial charge in [0.15, 0.2) is 0 Å². The van der Waals surface area contributed by atoms with E-state index in [0.717, 1.165) is 18.2 Å². The molecule has 0 radical (unpaired) electrons. The van der Waals surface area contributed by atoms with E-state index in [-0.39, 0.29) is 5.56 Å². The Balaban J connectivity index is 2.43. The Bertz CT molecular complexity index is 525. The van der Waals surface area contributed by atoms with Crippen molar-refractivity contribution in [3.05, 3.63) is 51.7 Å². The van der Waals surface area contributed by atoms with Crippen LogP contribution in [0, 0.1) is 11.6 Å². The smallest absolute Gasteiger partial charge is 0.135 e. The summed E-state index contributed by atoms with van der Waals surface area (Å²) in [6.45, 7) is 0. The normalized spacial score (nSPS) is 12.5. The van der Waals surface area contributed by atoms with Crippen molar-refractivity contribution in [3.8, 4) is 5.75 Å². The van der Waals surface area contributed by atoms with Crippen molar-refractivity contribution in [2.75, 3.05) is 7.11 Å². The Hall–Kier alpha value is -1.46. The lowest BCUT2D eigenvalue weighted by molar-refractivity contribution is 0.213. The highest BCUT2D eigenvalue weighted by Crippen LogP contribution is 2.35. The second kappa shape index (κ2) is 4.81. The molecule has 1 unspecified atom stereocenters. The van der Waals surface area contributed by atoms with Crippen LogP contribution in [0.5, 0.6) is 5.75 Å². The minimum absolute atomic E-state index is 0.0919. The van der Waals surface area contributed by atoms with Crippen molar-refractivity contribution in [1.29, 1.82) is 0 Å². The maximum absolute atomic E-state index is 13.5. The molecule has 2 aromatic rings. The number of aliphatic hydroxyl groups is 1. The maximum Gasteiger partial charge on any atom is 0.135 e. The van der Waals surface area contributed by atoms with E-state index < -0.39 is 17.7 Å². The minimum atomic E-state index is -1.22. The van der Waals surface area contributed by atoms with Crippen LogP contribution in [0.2, 0.25) is 0 Å². The van der Waals surface area contributed by atoms with E-state index in [1.54, 1.807) is 11.4 Å². The molecule has 0 saturated heterocycles. The molecule has 0 amide bonds. The number of ether oxygens (including phenoxy) is 1. The predicted molar refractivity (Wildman–Crippen MR) is 61.3 cm³/mol. The van der Waals surface area contributed by atoms with Gasteiger partial charge in [-0.15, -0.1) is 11.3 Å². The standard InChI is InChI=1S/C12H10F2O2S/c1-16-10-4-5-17-12(10)11(15)8-6-7(13)2-3-9(8)14/h2-6,11,15H,1H3. The van der Waals surface area contributed by atoms with Gasteiger partial charge in [0, 0.05) is 5.56 Å². The van der Waals surface area contributed by atoms with E-state index in [9.17, 15) is 13.9 Å². The van der Waals surface area contributed by atoms with Crippen LogP contribution < -0.4 is 4.74 Å². The number of aliphatic hydroxyl groups excluding tert-OH is 1. The summed E-state index contributed by atoms with van der Waals surface area (Å²) < 4.78 is 31.5. The minimum Gasteiger partial charge on any atom is -0.495 e. The molecule has 5 heteroatoms. The van der Waals surface area contributed by atoms with E-state index in [1.807, 2.05) is 0 Å². The second-order valence-electron chi connectivity index (χ2n) is 3.42. The van der Waals surface area contributed by atoms with Crippen LogP contribution in [0.25, 0.3) is 0 Å². The summed E-state index contributed by atoms with van der Waals surface area (Å²) in [7, 11) is 1.46. The summed E-state index contributed by atoms with van der Waals surface area (Å²) in [4.78, 5) is 0.456. The first-order valence-electron chi connectivity index (χ1n) is 4.88. The average molecular weight is 256 g/mol. The van der Waals surface area contributed by atoms with Crippen LogP contribution in [-0.2, 0) is 0 Å². The van der Waals surface area contributed by atoms with Gasteiger partial charge in [0.05, 0.1) is 12.0 Å². The monoisotopic (exact) mass is 256 g/mol. The summed E-state index contributed by atoms with van der Waals surface area (Å²) >= 11 is 1.23. The fraction of sp³-hybridized carbons (Fsp3) is 0.167. The van der Waals surface area contributed by atoms with Crippen LogP contribution in [0.15, 0.2) is 29.6 Å². The van der Waals surface area contributed by atoms with Gasteiger partial charge in [0.1, 0.15) is 23.5 Å². The van der Waals surface area contributed by atoms with Crippen LogP contribution in [0.1, 0.15) is 16.5 Å². The summed E-state index contributed by atoms with van der Waals surface area (Å²) in [5.41, 5.74) is -0.0919. The van der Waals surface area contributed by atoms with Gasteiger partial charge in [-0.25, -0.2) is 8.78 Å². The summed E-state index contributed by atoms with van der Waals surface area (Å²) in [5, 5.41) is 11.7. The molecule has 0 fully saturated rings. The Morgan fingerprint density at radius 1 is 1.29 bits per heavy atom. The molecular weight excluding hydrogens is 246 g/mol. The number of rotatable bonds is 3. The lowest BCUT2D eigenvalue weighted by atomic mass is 10.1. The van der Waals surface area contributed by atoms with Crippen molar-refractivity contribution in [1.82, 2.24) is 0 Å². The predicted octanol–water partition coefficient (Wildman–Crippen LogP) is 3.12. The van der Waals surface area contributed by atoms with E-state index in [2.05, 4.69) is 0 Å². The summed E-state index contributed by atoms with van der Waals surface area (Å²) in [6.07, 6.45) is -1.22. The fourth-order valence-electron chi connectivity index (χ4n) is 1.54. The SMILES string of the molecule is COc1ccsc1C(O)c1cc(F)ccc1F. The zero-order chi connectivity index (χ0) is 12.4. The zero-order valence-corrected chi connectivity index (χ0v) is 9.80. The van der Waals surface area contributed by atoms with Gasteiger partial charge >= 0.3 is 0 Å². The highest BCUT2D eigenvalue weighted by atomic mass is 32.1. The van der Waals surface area contributed by atoms with E-state index in [1.165, 1.54) is 18.4 Å². The van der Waals surface area contributed by atoms with Crippen molar-refractivity contribution in [3.63, 3.8) is 0 Å². The molecule has 1 aromatic carbocycles. The number of hydrogen-bond donors (Lipinski definition) is 1. The molecule has 0 aliphatic carbocycles. The van der Waals surface area contributed by atoms with Gasteiger partial charge in [-0.3, -0.25) is 0 Å². The molecule has 0 spiro atoms. The lowest BCUT2D eigenvalue weighted by Gasteiger charge is -2.12. The number of hydrogen-bond acceptors (Lipinski definition) is 3. The molecule has 2 rings (SSSR count). The van der Waals surface area contributed by atoms with E-state index >= 15 is 0 Å².